The van der Waals surface area contributed by atoms with Gasteiger partial charge in [0.2, 0.25) is 0 Å². The van der Waals surface area contributed by atoms with Crippen LogP contribution in [0.4, 0.5) is 26.5 Å². The summed E-state index contributed by atoms with van der Waals surface area (Å²) in [4.78, 5) is 34.6. The smallest absolute Gasteiger partial charge is 0.411 e. The average molecular weight is 420 g/mol. The molecule has 0 saturated carbocycles. The first-order valence-electron chi connectivity index (χ1n) is 8.53. The number of benzene rings is 1. The van der Waals surface area contributed by atoms with Crippen LogP contribution >= 0.6 is 0 Å². The number of ether oxygens (including phenoxy) is 1. The van der Waals surface area contributed by atoms with Crippen LogP contribution in [0.15, 0.2) is 48.6 Å². The van der Waals surface area contributed by atoms with Gasteiger partial charge in [-0.2, -0.15) is 0 Å². The molecule has 0 unspecified atom stereocenters. The number of aliphatic carboxylic acids is 2. The topological polar surface area (TPSA) is 164 Å². The van der Waals surface area contributed by atoms with Crippen LogP contribution in [0.3, 0.4) is 0 Å². The van der Waals surface area contributed by atoms with Crippen LogP contribution in [-0.4, -0.2) is 39.8 Å². The Kier molecular flexibility index (Phi) is 9.82. The molecule has 11 heteroatoms. The van der Waals surface area contributed by atoms with Crippen molar-refractivity contribution in [3.63, 3.8) is 0 Å². The lowest BCUT2D eigenvalue weighted by atomic mass is 10.2. The third-order valence-electron chi connectivity index (χ3n) is 3.19. The molecule has 0 aliphatic heterocycles. The van der Waals surface area contributed by atoms with Crippen molar-refractivity contribution in [1.82, 2.24) is 4.98 Å². The minimum absolute atomic E-state index is 0.178. The Balaban J connectivity index is 0.000000479. The lowest BCUT2D eigenvalue weighted by Gasteiger charge is -2.10. The molecule has 0 saturated heterocycles. The van der Waals surface area contributed by atoms with Crippen LogP contribution in [0.1, 0.15) is 12.5 Å². The number of anilines is 3. The van der Waals surface area contributed by atoms with Crippen molar-refractivity contribution in [3.8, 4) is 0 Å². The van der Waals surface area contributed by atoms with Gasteiger partial charge in [0.25, 0.3) is 0 Å². The number of amides is 1. The van der Waals surface area contributed by atoms with Gasteiger partial charge in [0.1, 0.15) is 17.5 Å². The zero-order valence-corrected chi connectivity index (χ0v) is 16.0. The predicted molar refractivity (Wildman–Crippen MR) is 107 cm³/mol. The summed E-state index contributed by atoms with van der Waals surface area (Å²) < 4.78 is 17.6. The van der Waals surface area contributed by atoms with Crippen molar-refractivity contribution < 1.29 is 33.7 Å². The summed E-state index contributed by atoms with van der Waals surface area (Å²) in [6.07, 6.45) is 0.535. The molecule has 1 amide bonds. The number of hydrogen-bond acceptors (Lipinski definition) is 7. The van der Waals surface area contributed by atoms with Crippen LogP contribution in [0.5, 0.6) is 0 Å². The Hall–Kier alpha value is -4.15. The number of aromatic nitrogens is 1. The monoisotopic (exact) mass is 420 g/mol. The molecular weight excluding hydrogens is 399 g/mol. The van der Waals surface area contributed by atoms with E-state index in [1.54, 1.807) is 31.2 Å². The van der Waals surface area contributed by atoms with Crippen LogP contribution in [-0.2, 0) is 20.9 Å². The predicted octanol–water partition coefficient (Wildman–Crippen LogP) is 2.70. The van der Waals surface area contributed by atoms with Gasteiger partial charge in [-0.15, -0.1) is 0 Å². The van der Waals surface area contributed by atoms with Crippen LogP contribution < -0.4 is 16.4 Å². The highest BCUT2D eigenvalue weighted by Crippen LogP contribution is 2.19. The minimum atomic E-state index is -1.26. The highest BCUT2D eigenvalue weighted by Gasteiger charge is 2.07. The molecule has 30 heavy (non-hydrogen) atoms. The molecule has 0 bridgehead atoms. The number of nitrogen functional groups attached to an aromatic ring is 1. The maximum Gasteiger partial charge on any atom is 0.411 e. The Bertz CT molecular complexity index is 886. The molecule has 160 valence electrons. The minimum Gasteiger partial charge on any atom is -0.478 e. The van der Waals surface area contributed by atoms with Gasteiger partial charge in [0.05, 0.1) is 12.3 Å². The first-order chi connectivity index (χ1) is 14.2. The molecule has 1 aromatic heterocycles. The van der Waals surface area contributed by atoms with E-state index in [9.17, 15) is 18.8 Å². The van der Waals surface area contributed by atoms with Gasteiger partial charge < -0.3 is 26.0 Å². The summed E-state index contributed by atoms with van der Waals surface area (Å²) in [5, 5.41) is 21.2. The van der Waals surface area contributed by atoms with Crippen LogP contribution in [0, 0.1) is 5.82 Å². The first kappa shape index (κ1) is 23.9. The quantitative estimate of drug-likeness (QED) is 0.424. The third kappa shape index (κ3) is 9.69. The zero-order valence-electron chi connectivity index (χ0n) is 16.0. The fourth-order valence-electron chi connectivity index (χ4n) is 1.89. The van der Waals surface area contributed by atoms with E-state index >= 15 is 0 Å². The van der Waals surface area contributed by atoms with E-state index in [1.165, 1.54) is 12.1 Å². The van der Waals surface area contributed by atoms with Crippen LogP contribution in [0.2, 0.25) is 0 Å². The molecule has 1 heterocycles. The maximum absolute atomic E-state index is 12.8. The number of carbonyl (C=O) groups is 3. The molecule has 0 radical (unpaired) electrons. The molecule has 10 nitrogen and oxygen atoms in total. The fourth-order valence-corrected chi connectivity index (χ4v) is 1.89. The summed E-state index contributed by atoms with van der Waals surface area (Å²) in [7, 11) is 0. The van der Waals surface area contributed by atoms with Crippen LogP contribution in [0.25, 0.3) is 0 Å². The Morgan fingerprint density at radius 1 is 1.10 bits per heavy atom. The average Bonchev–Trinajstić information content (AvgIpc) is 2.68. The van der Waals surface area contributed by atoms with Crippen molar-refractivity contribution in [2.45, 2.75) is 13.5 Å². The van der Waals surface area contributed by atoms with E-state index in [4.69, 9.17) is 20.7 Å². The third-order valence-corrected chi connectivity index (χ3v) is 3.19. The van der Waals surface area contributed by atoms with Gasteiger partial charge in [0.15, 0.2) is 0 Å². The van der Waals surface area contributed by atoms with Gasteiger partial charge >= 0.3 is 18.0 Å². The summed E-state index contributed by atoms with van der Waals surface area (Å²) in [5.74, 6) is -2.06. The van der Waals surface area contributed by atoms with E-state index in [2.05, 4.69) is 15.6 Å². The molecule has 0 aliphatic carbocycles. The van der Waals surface area contributed by atoms with E-state index in [-0.39, 0.29) is 18.2 Å². The highest BCUT2D eigenvalue weighted by molar-refractivity contribution is 5.89. The van der Waals surface area contributed by atoms with Gasteiger partial charge in [-0.3, -0.25) is 5.32 Å². The van der Waals surface area contributed by atoms with Crippen molar-refractivity contribution in [1.29, 1.82) is 0 Å². The fraction of sp³-hybridized carbons (Fsp3) is 0.158. The summed E-state index contributed by atoms with van der Waals surface area (Å²) >= 11 is 0. The number of carbonyl (C=O) groups excluding carboxylic acids is 1. The molecule has 2 aromatic rings. The van der Waals surface area contributed by atoms with Gasteiger partial charge in [0, 0.05) is 18.7 Å². The molecule has 1 aromatic carbocycles. The number of nitrogens with two attached hydrogens (primary N) is 1. The van der Waals surface area contributed by atoms with E-state index in [0.29, 0.717) is 30.2 Å². The molecular formula is C19H21FN4O6. The molecule has 6 N–H and O–H groups in total. The Morgan fingerprint density at radius 2 is 1.70 bits per heavy atom. The lowest BCUT2D eigenvalue weighted by Crippen LogP contribution is -2.15. The number of nitrogens with zero attached hydrogens (tertiary/aromatic N) is 1. The molecule has 0 spiro atoms. The van der Waals surface area contributed by atoms with E-state index < -0.39 is 18.0 Å². The summed E-state index contributed by atoms with van der Waals surface area (Å²) in [6, 6.07) is 9.47. The Labute approximate surface area is 171 Å². The first-order valence-corrected chi connectivity index (χ1v) is 8.53. The number of hydrogen-bond donors (Lipinski definition) is 5. The number of nitrogens with one attached hydrogen (secondary N) is 2. The normalized spacial score (nSPS) is 9.93. The molecule has 0 aliphatic rings. The van der Waals surface area contributed by atoms with Crippen molar-refractivity contribution >= 4 is 35.4 Å². The Morgan fingerprint density at radius 3 is 2.20 bits per heavy atom. The van der Waals surface area contributed by atoms with Crippen molar-refractivity contribution in [2.75, 3.05) is 23.0 Å². The second-order valence-electron chi connectivity index (χ2n) is 5.46. The molecule has 0 atom stereocenters. The number of rotatable bonds is 7. The second-order valence-corrected chi connectivity index (χ2v) is 5.46. The van der Waals surface area contributed by atoms with E-state index in [1.807, 2.05) is 0 Å². The lowest BCUT2D eigenvalue weighted by molar-refractivity contribution is -0.134. The largest absolute Gasteiger partial charge is 0.478 e. The summed E-state index contributed by atoms with van der Waals surface area (Å²) in [5.41, 5.74) is 7.08. The number of carboxylic acids is 2. The second kappa shape index (κ2) is 12.3. The highest BCUT2D eigenvalue weighted by atomic mass is 19.1. The number of halogens is 1. The van der Waals surface area contributed by atoms with E-state index in [0.717, 1.165) is 5.56 Å². The van der Waals surface area contributed by atoms with Crippen molar-refractivity contribution in [3.05, 3.63) is 59.9 Å². The van der Waals surface area contributed by atoms with Gasteiger partial charge in [-0.25, -0.2) is 23.8 Å². The number of carboxylic acid groups (broad SMARTS) is 2. The molecule has 2 rings (SSSR count). The molecule has 0 fully saturated rings. The standard InChI is InChI=1S/C15H17FN4O2.C4H4O4/c1-2-22-15(21)19-12-7-8-13(20-14(12)17)18-9-10-3-5-11(16)6-4-10;5-3(6)1-2-4(7)8/h3-8H,2,9H2,1H3,(H,19,21)(H3,17,18,20);1-2H,(H,5,6)(H,7,8)/b;2-1+. The number of pyridine rings is 1. The summed E-state index contributed by atoms with van der Waals surface area (Å²) in [6.45, 7) is 2.47. The van der Waals surface area contributed by atoms with Gasteiger partial charge in [-0.05, 0) is 36.8 Å². The maximum atomic E-state index is 12.8. The SMILES string of the molecule is CCOC(=O)Nc1ccc(NCc2ccc(F)cc2)nc1N.O=C(O)/C=C/C(=O)O. The van der Waals surface area contributed by atoms with Gasteiger partial charge in [-0.1, -0.05) is 12.1 Å². The van der Waals surface area contributed by atoms with Crippen molar-refractivity contribution in [2.24, 2.45) is 0 Å². The zero-order chi connectivity index (χ0) is 22.5.